The van der Waals surface area contributed by atoms with Gasteiger partial charge in [-0.15, -0.1) is 0 Å². The van der Waals surface area contributed by atoms with Crippen molar-refractivity contribution in [2.45, 2.75) is 52.3 Å². The van der Waals surface area contributed by atoms with E-state index in [4.69, 9.17) is 9.15 Å². The van der Waals surface area contributed by atoms with Crippen LogP contribution in [-0.2, 0) is 17.7 Å². The molecule has 2 aromatic rings. The molecule has 1 saturated heterocycles. The molecular formula is C17H23N3O3. The zero-order valence-corrected chi connectivity index (χ0v) is 13.8. The van der Waals surface area contributed by atoms with Crippen LogP contribution < -0.4 is 5.32 Å². The van der Waals surface area contributed by atoms with E-state index >= 15 is 0 Å². The Bertz CT molecular complexity index is 689. The van der Waals surface area contributed by atoms with Crippen molar-refractivity contribution in [2.24, 2.45) is 0 Å². The van der Waals surface area contributed by atoms with Gasteiger partial charge in [0.1, 0.15) is 11.9 Å². The fourth-order valence-electron chi connectivity index (χ4n) is 2.99. The molecule has 1 fully saturated rings. The monoisotopic (exact) mass is 317 g/mol. The number of hydrogen-bond acceptors (Lipinski definition) is 4. The first-order chi connectivity index (χ1) is 11.1. The van der Waals surface area contributed by atoms with E-state index in [1.165, 1.54) is 0 Å². The van der Waals surface area contributed by atoms with Crippen LogP contribution >= 0.6 is 0 Å². The molecule has 6 nitrogen and oxygen atoms in total. The molecule has 3 heterocycles. The molecule has 0 aliphatic carbocycles. The first kappa shape index (κ1) is 15.8. The molecule has 0 radical (unpaired) electrons. The molecule has 0 spiro atoms. The molecule has 0 aromatic carbocycles. The second kappa shape index (κ2) is 6.58. The Kier molecular flexibility index (Phi) is 4.52. The van der Waals surface area contributed by atoms with Crippen molar-refractivity contribution in [1.82, 2.24) is 15.1 Å². The van der Waals surface area contributed by atoms with Crippen molar-refractivity contribution >= 4 is 5.91 Å². The lowest BCUT2D eigenvalue weighted by Gasteiger charge is -2.18. The van der Waals surface area contributed by atoms with E-state index < -0.39 is 0 Å². The van der Waals surface area contributed by atoms with Crippen LogP contribution in [0.25, 0.3) is 0 Å². The minimum absolute atomic E-state index is 0.0625. The van der Waals surface area contributed by atoms with Crippen LogP contribution in [0.15, 0.2) is 22.9 Å². The maximum atomic E-state index is 12.4. The molecule has 2 atom stereocenters. The van der Waals surface area contributed by atoms with Crippen LogP contribution in [0.1, 0.15) is 53.8 Å². The number of carbonyl (C=O) groups is 1. The van der Waals surface area contributed by atoms with Crippen molar-refractivity contribution in [3.8, 4) is 0 Å². The molecule has 1 aliphatic rings. The third kappa shape index (κ3) is 3.17. The first-order valence-electron chi connectivity index (χ1n) is 8.16. The molecule has 124 valence electrons. The van der Waals surface area contributed by atoms with E-state index in [1.807, 2.05) is 37.8 Å². The summed E-state index contributed by atoms with van der Waals surface area (Å²) in [4.78, 5) is 12.4. The second-order valence-corrected chi connectivity index (χ2v) is 5.86. The highest BCUT2D eigenvalue weighted by Crippen LogP contribution is 2.29. The van der Waals surface area contributed by atoms with Gasteiger partial charge in [0, 0.05) is 31.3 Å². The number of nitrogens with zero attached hydrogens (tertiary/aromatic N) is 2. The zero-order valence-electron chi connectivity index (χ0n) is 13.8. The highest BCUT2D eigenvalue weighted by atomic mass is 16.5. The van der Waals surface area contributed by atoms with Gasteiger partial charge in [0.05, 0.1) is 12.2 Å². The number of hydrogen-bond donors (Lipinski definition) is 1. The average Bonchev–Trinajstić information content (AvgIpc) is 3.25. The van der Waals surface area contributed by atoms with E-state index in [2.05, 4.69) is 10.4 Å². The lowest BCUT2D eigenvalue weighted by Crippen LogP contribution is -2.36. The lowest BCUT2D eigenvalue weighted by molar-refractivity contribution is 0.0800. The molecule has 1 amide bonds. The molecule has 0 bridgehead atoms. The molecule has 6 heteroatoms. The van der Waals surface area contributed by atoms with Crippen LogP contribution in [0.3, 0.4) is 0 Å². The topological polar surface area (TPSA) is 69.3 Å². The maximum Gasteiger partial charge on any atom is 0.287 e. The number of aryl methyl sites for hydroxylation is 3. The van der Waals surface area contributed by atoms with E-state index in [1.54, 1.807) is 6.07 Å². The van der Waals surface area contributed by atoms with Crippen molar-refractivity contribution < 1.29 is 13.9 Å². The van der Waals surface area contributed by atoms with E-state index in [0.29, 0.717) is 12.4 Å². The van der Waals surface area contributed by atoms with Crippen LogP contribution in [0.5, 0.6) is 0 Å². The third-order valence-corrected chi connectivity index (χ3v) is 4.28. The van der Waals surface area contributed by atoms with Crippen LogP contribution in [0.4, 0.5) is 0 Å². The summed E-state index contributed by atoms with van der Waals surface area (Å²) in [5.41, 5.74) is 2.01. The summed E-state index contributed by atoms with van der Waals surface area (Å²) in [7, 11) is 0. The normalized spacial score (nSPS) is 20.8. The molecule has 1 N–H and O–H groups in total. The Balaban J connectivity index is 1.71. The Morgan fingerprint density at radius 3 is 2.96 bits per heavy atom. The minimum atomic E-state index is -0.184. The Labute approximate surface area is 135 Å². The number of aromatic nitrogens is 2. The highest BCUT2D eigenvalue weighted by molar-refractivity contribution is 5.92. The molecule has 23 heavy (non-hydrogen) atoms. The fraction of sp³-hybridized carbons (Fsp3) is 0.529. The maximum absolute atomic E-state index is 12.4. The average molecular weight is 317 g/mol. The Hall–Kier alpha value is -2.08. The number of amides is 1. The first-order valence-corrected chi connectivity index (χ1v) is 8.16. The third-order valence-electron chi connectivity index (χ3n) is 4.28. The van der Waals surface area contributed by atoms with Crippen molar-refractivity contribution in [3.63, 3.8) is 0 Å². The summed E-state index contributed by atoms with van der Waals surface area (Å²) < 4.78 is 13.3. The molecular weight excluding hydrogens is 294 g/mol. The van der Waals surface area contributed by atoms with Gasteiger partial charge in [-0.1, -0.05) is 6.92 Å². The quantitative estimate of drug-likeness (QED) is 0.920. The summed E-state index contributed by atoms with van der Waals surface area (Å²) in [6.07, 6.45) is 5.20. The summed E-state index contributed by atoms with van der Waals surface area (Å²) in [5, 5.41) is 7.32. The Morgan fingerprint density at radius 1 is 1.48 bits per heavy atom. The van der Waals surface area contributed by atoms with Gasteiger partial charge in [-0.25, -0.2) is 0 Å². The minimum Gasteiger partial charge on any atom is -0.456 e. The number of furan rings is 1. The van der Waals surface area contributed by atoms with Gasteiger partial charge in [0.25, 0.3) is 5.91 Å². The number of rotatable bonds is 5. The number of ether oxygens (including phenoxy) is 1. The van der Waals surface area contributed by atoms with Crippen molar-refractivity contribution in [1.29, 1.82) is 0 Å². The molecule has 3 rings (SSSR count). The molecule has 0 saturated carbocycles. The smallest absolute Gasteiger partial charge is 0.287 e. The van der Waals surface area contributed by atoms with E-state index in [0.717, 1.165) is 36.3 Å². The summed E-state index contributed by atoms with van der Waals surface area (Å²) in [5.74, 6) is 1.05. The standard InChI is InChI=1S/C17H23N3O3/c1-4-14-11(3)8-15(23-14)17(21)19-13-6-7-22-16(13)12-9-18-20(5-2)10-12/h8-10,13,16H,4-7H2,1-3H3,(H,19,21)/t13-,16+/m0/s1. The molecule has 0 unspecified atom stereocenters. The van der Waals surface area contributed by atoms with Crippen LogP contribution in [-0.4, -0.2) is 28.3 Å². The predicted octanol–water partition coefficient (Wildman–Crippen LogP) is 2.63. The summed E-state index contributed by atoms with van der Waals surface area (Å²) >= 11 is 0. The summed E-state index contributed by atoms with van der Waals surface area (Å²) in [6.45, 7) is 7.45. The molecule has 2 aromatic heterocycles. The van der Waals surface area contributed by atoms with Crippen molar-refractivity contribution in [2.75, 3.05) is 6.61 Å². The highest BCUT2D eigenvalue weighted by Gasteiger charge is 2.32. The van der Waals surface area contributed by atoms with Crippen LogP contribution in [0.2, 0.25) is 0 Å². The second-order valence-electron chi connectivity index (χ2n) is 5.86. The van der Waals surface area contributed by atoms with Gasteiger partial charge in [0.2, 0.25) is 0 Å². The summed E-state index contributed by atoms with van der Waals surface area (Å²) in [6, 6.07) is 1.74. The van der Waals surface area contributed by atoms with E-state index in [9.17, 15) is 4.79 Å². The number of carbonyl (C=O) groups excluding carboxylic acids is 1. The van der Waals surface area contributed by atoms with Gasteiger partial charge in [-0.3, -0.25) is 9.48 Å². The van der Waals surface area contributed by atoms with Gasteiger partial charge < -0.3 is 14.5 Å². The fourth-order valence-corrected chi connectivity index (χ4v) is 2.99. The van der Waals surface area contributed by atoms with Crippen LogP contribution in [0, 0.1) is 6.92 Å². The van der Waals surface area contributed by atoms with E-state index in [-0.39, 0.29) is 18.1 Å². The van der Waals surface area contributed by atoms with Gasteiger partial charge in [0.15, 0.2) is 5.76 Å². The van der Waals surface area contributed by atoms with Gasteiger partial charge >= 0.3 is 0 Å². The number of nitrogens with one attached hydrogen (secondary N) is 1. The molecule has 1 aliphatic heterocycles. The largest absolute Gasteiger partial charge is 0.456 e. The van der Waals surface area contributed by atoms with Crippen molar-refractivity contribution in [3.05, 3.63) is 41.1 Å². The zero-order chi connectivity index (χ0) is 16.4. The SMILES string of the molecule is CCc1oc(C(=O)N[C@H]2CCO[C@@H]2c2cnn(CC)c2)cc1C. The lowest BCUT2D eigenvalue weighted by atomic mass is 10.1. The Morgan fingerprint density at radius 2 is 2.30 bits per heavy atom. The predicted molar refractivity (Wildman–Crippen MR) is 85.3 cm³/mol. The van der Waals surface area contributed by atoms with Gasteiger partial charge in [-0.05, 0) is 31.9 Å². The van der Waals surface area contributed by atoms with Gasteiger partial charge in [-0.2, -0.15) is 5.10 Å².